The Morgan fingerprint density at radius 2 is 1.86 bits per heavy atom. The van der Waals surface area contributed by atoms with Gasteiger partial charge in [-0.05, 0) is 48.2 Å². The van der Waals surface area contributed by atoms with Gasteiger partial charge in [-0.3, -0.25) is 9.79 Å². The van der Waals surface area contributed by atoms with E-state index in [-0.39, 0.29) is 12.0 Å². The fourth-order valence-corrected chi connectivity index (χ4v) is 3.26. The lowest BCUT2D eigenvalue weighted by Gasteiger charge is -2.13. The van der Waals surface area contributed by atoms with Crippen LogP contribution in [0.5, 0.6) is 0 Å². The molecule has 0 radical (unpaired) electrons. The van der Waals surface area contributed by atoms with Crippen molar-refractivity contribution in [3.8, 4) is 0 Å². The maximum Gasteiger partial charge on any atom is 0.251 e. The van der Waals surface area contributed by atoms with E-state index in [1.54, 1.807) is 7.05 Å². The summed E-state index contributed by atoms with van der Waals surface area (Å²) in [5.74, 6) is 0.612. The molecule has 1 atom stereocenters. The van der Waals surface area contributed by atoms with E-state index in [4.69, 9.17) is 16.3 Å². The van der Waals surface area contributed by atoms with Crippen LogP contribution in [0.4, 0.5) is 0 Å². The largest absolute Gasteiger partial charge is 0.376 e. The van der Waals surface area contributed by atoms with Crippen LogP contribution in [0, 0.1) is 0 Å². The van der Waals surface area contributed by atoms with Crippen molar-refractivity contribution in [3.63, 3.8) is 0 Å². The number of benzene rings is 2. The normalized spacial score (nSPS) is 16.5. The van der Waals surface area contributed by atoms with E-state index in [0.29, 0.717) is 31.2 Å². The van der Waals surface area contributed by atoms with Gasteiger partial charge in [0.05, 0.1) is 6.10 Å². The summed E-state index contributed by atoms with van der Waals surface area (Å²) >= 11 is 5.92. The zero-order chi connectivity index (χ0) is 20.5. The number of ether oxygens (including phenoxy) is 1. The summed E-state index contributed by atoms with van der Waals surface area (Å²) in [6.07, 6.45) is 2.21. The minimum Gasteiger partial charge on any atom is -0.376 e. The number of rotatable bonds is 7. The molecule has 0 spiro atoms. The van der Waals surface area contributed by atoms with Crippen LogP contribution in [0.2, 0.25) is 5.02 Å². The number of guanidine groups is 1. The van der Waals surface area contributed by atoms with Gasteiger partial charge in [0, 0.05) is 43.9 Å². The third kappa shape index (κ3) is 6.76. The van der Waals surface area contributed by atoms with Crippen molar-refractivity contribution in [1.29, 1.82) is 0 Å². The molecule has 2 aromatic carbocycles. The van der Waals surface area contributed by atoms with Crippen LogP contribution in [0.25, 0.3) is 0 Å². The number of nitrogens with zero attached hydrogens (tertiary/aromatic N) is 1. The second kappa shape index (κ2) is 10.8. The first-order valence-electron chi connectivity index (χ1n) is 9.82. The Bertz CT molecular complexity index is 833. The standard InChI is InChI=1S/C22H27ClN4O2/c1-24-22(26-13-16-7-9-19(23)10-8-16)27-14-17-4-2-5-18(12-17)21(28)25-15-20-6-3-11-29-20/h2,4-5,7-10,12,20H,3,6,11,13-15H2,1H3,(H,25,28)(H2,24,26,27). The number of amides is 1. The Balaban J connectivity index is 1.48. The molecule has 3 rings (SSSR count). The van der Waals surface area contributed by atoms with Gasteiger partial charge in [0.2, 0.25) is 0 Å². The molecule has 1 saturated heterocycles. The molecular formula is C22H27ClN4O2. The number of carbonyl (C=O) groups is 1. The predicted molar refractivity (Wildman–Crippen MR) is 116 cm³/mol. The molecule has 3 N–H and O–H groups in total. The summed E-state index contributed by atoms with van der Waals surface area (Å²) in [5.41, 5.74) is 2.76. The van der Waals surface area contributed by atoms with Crippen molar-refractivity contribution >= 4 is 23.5 Å². The Labute approximate surface area is 176 Å². The highest BCUT2D eigenvalue weighted by molar-refractivity contribution is 6.30. The molecule has 1 aliphatic heterocycles. The summed E-state index contributed by atoms with van der Waals surface area (Å²) < 4.78 is 5.55. The first kappa shape index (κ1) is 21.1. The van der Waals surface area contributed by atoms with Gasteiger partial charge in [-0.2, -0.15) is 0 Å². The topological polar surface area (TPSA) is 74.8 Å². The van der Waals surface area contributed by atoms with E-state index in [0.717, 1.165) is 35.6 Å². The fourth-order valence-electron chi connectivity index (χ4n) is 3.13. The van der Waals surface area contributed by atoms with Crippen molar-refractivity contribution in [2.75, 3.05) is 20.2 Å². The molecule has 6 nitrogen and oxygen atoms in total. The number of hydrogen-bond donors (Lipinski definition) is 3. The summed E-state index contributed by atoms with van der Waals surface area (Å²) in [6, 6.07) is 15.3. The Morgan fingerprint density at radius 3 is 2.55 bits per heavy atom. The van der Waals surface area contributed by atoms with Crippen LogP contribution in [-0.4, -0.2) is 38.2 Å². The van der Waals surface area contributed by atoms with Crippen LogP contribution in [-0.2, 0) is 17.8 Å². The third-order valence-corrected chi connectivity index (χ3v) is 5.01. The number of nitrogens with one attached hydrogen (secondary N) is 3. The van der Waals surface area contributed by atoms with Crippen molar-refractivity contribution in [2.45, 2.75) is 32.0 Å². The molecule has 2 aromatic rings. The minimum absolute atomic E-state index is 0.0763. The zero-order valence-electron chi connectivity index (χ0n) is 16.6. The van der Waals surface area contributed by atoms with Crippen LogP contribution in [0.3, 0.4) is 0 Å². The predicted octanol–water partition coefficient (Wildman–Crippen LogP) is 3.11. The summed E-state index contributed by atoms with van der Waals surface area (Å²) in [6.45, 7) is 2.55. The van der Waals surface area contributed by atoms with Gasteiger partial charge < -0.3 is 20.7 Å². The van der Waals surface area contributed by atoms with Crippen molar-refractivity contribution in [1.82, 2.24) is 16.0 Å². The van der Waals surface area contributed by atoms with Crippen molar-refractivity contribution in [2.24, 2.45) is 4.99 Å². The molecule has 0 aliphatic carbocycles. The minimum atomic E-state index is -0.0763. The number of hydrogen-bond acceptors (Lipinski definition) is 3. The van der Waals surface area contributed by atoms with Crippen LogP contribution < -0.4 is 16.0 Å². The average molecular weight is 415 g/mol. The monoisotopic (exact) mass is 414 g/mol. The van der Waals surface area contributed by atoms with E-state index in [1.165, 1.54) is 0 Å². The molecular weight excluding hydrogens is 388 g/mol. The highest BCUT2D eigenvalue weighted by Gasteiger charge is 2.16. The fraction of sp³-hybridized carbons (Fsp3) is 0.364. The molecule has 1 amide bonds. The van der Waals surface area contributed by atoms with Gasteiger partial charge >= 0.3 is 0 Å². The SMILES string of the molecule is CN=C(NCc1ccc(Cl)cc1)NCc1cccc(C(=O)NCC2CCCO2)c1. The summed E-state index contributed by atoms with van der Waals surface area (Å²) in [4.78, 5) is 16.6. The molecule has 0 bridgehead atoms. The lowest BCUT2D eigenvalue weighted by Crippen LogP contribution is -2.36. The highest BCUT2D eigenvalue weighted by Crippen LogP contribution is 2.12. The maximum atomic E-state index is 12.4. The molecule has 0 saturated carbocycles. The second-order valence-corrected chi connectivity index (χ2v) is 7.39. The summed E-state index contributed by atoms with van der Waals surface area (Å²) in [5, 5.41) is 10.2. The molecule has 29 heavy (non-hydrogen) atoms. The molecule has 0 aromatic heterocycles. The van der Waals surface area contributed by atoms with Crippen LogP contribution in [0.15, 0.2) is 53.5 Å². The lowest BCUT2D eigenvalue weighted by atomic mass is 10.1. The first-order valence-corrected chi connectivity index (χ1v) is 10.2. The van der Waals surface area contributed by atoms with Gasteiger partial charge in [0.1, 0.15) is 0 Å². The third-order valence-electron chi connectivity index (χ3n) is 4.76. The van der Waals surface area contributed by atoms with E-state index >= 15 is 0 Å². The first-order chi connectivity index (χ1) is 14.1. The van der Waals surface area contributed by atoms with E-state index in [1.807, 2.05) is 48.5 Å². The van der Waals surface area contributed by atoms with E-state index < -0.39 is 0 Å². The molecule has 1 aliphatic rings. The van der Waals surface area contributed by atoms with Crippen molar-refractivity contribution < 1.29 is 9.53 Å². The molecule has 1 heterocycles. The number of carbonyl (C=O) groups excluding carboxylic acids is 1. The van der Waals surface area contributed by atoms with E-state index in [2.05, 4.69) is 20.9 Å². The highest BCUT2D eigenvalue weighted by atomic mass is 35.5. The molecule has 1 fully saturated rings. The number of aliphatic imine (C=N–C) groups is 1. The Hall–Kier alpha value is -2.57. The van der Waals surface area contributed by atoms with Gasteiger partial charge in [0.25, 0.3) is 5.91 Å². The smallest absolute Gasteiger partial charge is 0.251 e. The summed E-state index contributed by atoms with van der Waals surface area (Å²) in [7, 11) is 1.73. The Kier molecular flexibility index (Phi) is 7.90. The zero-order valence-corrected chi connectivity index (χ0v) is 17.3. The lowest BCUT2D eigenvalue weighted by molar-refractivity contribution is 0.0857. The average Bonchev–Trinajstić information content (AvgIpc) is 3.27. The number of halogens is 1. The Morgan fingerprint density at radius 1 is 1.10 bits per heavy atom. The quantitative estimate of drug-likeness (QED) is 0.480. The maximum absolute atomic E-state index is 12.4. The molecule has 7 heteroatoms. The van der Waals surface area contributed by atoms with Gasteiger partial charge in [-0.1, -0.05) is 35.9 Å². The van der Waals surface area contributed by atoms with Gasteiger partial charge in [-0.15, -0.1) is 0 Å². The van der Waals surface area contributed by atoms with Gasteiger partial charge in [0.15, 0.2) is 5.96 Å². The van der Waals surface area contributed by atoms with Crippen molar-refractivity contribution in [3.05, 3.63) is 70.2 Å². The van der Waals surface area contributed by atoms with Gasteiger partial charge in [-0.25, -0.2) is 0 Å². The van der Waals surface area contributed by atoms with E-state index in [9.17, 15) is 4.79 Å². The molecule has 1 unspecified atom stereocenters. The van der Waals surface area contributed by atoms with Crippen LogP contribution >= 0.6 is 11.6 Å². The molecule has 154 valence electrons. The van der Waals surface area contributed by atoms with Crippen LogP contribution in [0.1, 0.15) is 34.3 Å². The second-order valence-electron chi connectivity index (χ2n) is 6.95.